The second-order valence-electron chi connectivity index (χ2n) is 7.31. The Balaban J connectivity index is 1.67. The van der Waals surface area contributed by atoms with Gasteiger partial charge in [-0.3, -0.25) is 0 Å². The van der Waals surface area contributed by atoms with E-state index in [1.807, 2.05) is 0 Å². The molecule has 2 unspecified atom stereocenters. The topological polar surface area (TPSA) is 12.0 Å². The molecule has 2 fully saturated rings. The first-order chi connectivity index (χ1) is 7.46. The first-order valence-corrected chi connectivity index (χ1v) is 7.21. The van der Waals surface area contributed by atoms with Crippen LogP contribution in [0.1, 0.15) is 59.8 Å². The van der Waals surface area contributed by atoms with Gasteiger partial charge < -0.3 is 5.32 Å². The van der Waals surface area contributed by atoms with E-state index in [1.165, 1.54) is 38.6 Å². The molecule has 0 radical (unpaired) electrons. The third-order valence-electron chi connectivity index (χ3n) is 4.54. The van der Waals surface area contributed by atoms with Crippen LogP contribution in [-0.2, 0) is 0 Å². The quantitative estimate of drug-likeness (QED) is 0.766. The highest BCUT2D eigenvalue weighted by molar-refractivity contribution is 4.94. The molecule has 0 saturated heterocycles. The van der Waals surface area contributed by atoms with Crippen molar-refractivity contribution in [2.24, 2.45) is 23.7 Å². The van der Waals surface area contributed by atoms with Crippen LogP contribution in [0.15, 0.2) is 0 Å². The van der Waals surface area contributed by atoms with Crippen molar-refractivity contribution in [1.82, 2.24) is 5.32 Å². The summed E-state index contributed by atoms with van der Waals surface area (Å²) in [6, 6.07) is 0. The largest absolute Gasteiger partial charge is 0.312 e. The summed E-state index contributed by atoms with van der Waals surface area (Å²) in [6.07, 6.45) is 7.50. The second-order valence-corrected chi connectivity index (χ2v) is 7.31. The molecule has 2 rings (SSSR count). The minimum Gasteiger partial charge on any atom is -0.312 e. The van der Waals surface area contributed by atoms with Crippen LogP contribution < -0.4 is 5.32 Å². The summed E-state index contributed by atoms with van der Waals surface area (Å²) < 4.78 is 0. The summed E-state index contributed by atoms with van der Waals surface area (Å²) in [5.74, 6) is 4.14. The molecule has 2 aliphatic rings. The Labute approximate surface area is 101 Å². The van der Waals surface area contributed by atoms with E-state index in [-0.39, 0.29) is 0 Å². The molecule has 0 spiro atoms. The molecule has 94 valence electrons. The zero-order chi connectivity index (χ0) is 11.8. The highest BCUT2D eigenvalue weighted by atomic mass is 15.0. The van der Waals surface area contributed by atoms with Crippen molar-refractivity contribution in [1.29, 1.82) is 0 Å². The van der Waals surface area contributed by atoms with Crippen molar-refractivity contribution in [2.45, 2.75) is 65.3 Å². The molecule has 0 bridgehead atoms. The molecule has 0 aromatic carbocycles. The first kappa shape index (κ1) is 12.4. The van der Waals surface area contributed by atoms with Gasteiger partial charge in [0.15, 0.2) is 0 Å². The Morgan fingerprint density at radius 3 is 2.25 bits per heavy atom. The first-order valence-electron chi connectivity index (χ1n) is 7.21. The van der Waals surface area contributed by atoms with Gasteiger partial charge in [-0.05, 0) is 70.3 Å². The van der Waals surface area contributed by atoms with Crippen molar-refractivity contribution < 1.29 is 0 Å². The maximum absolute atomic E-state index is 3.66. The predicted octanol–water partition coefficient (Wildman–Crippen LogP) is 3.84. The smallest absolute Gasteiger partial charge is 0.00966 e. The Bertz CT molecular complexity index is 220. The fourth-order valence-electron chi connectivity index (χ4n) is 3.23. The molecular weight excluding hydrogens is 194 g/mol. The highest BCUT2D eigenvalue weighted by Crippen LogP contribution is 2.49. The lowest BCUT2D eigenvalue weighted by Crippen LogP contribution is -2.37. The molecule has 0 aromatic heterocycles. The summed E-state index contributed by atoms with van der Waals surface area (Å²) in [6.45, 7) is 10.5. The summed E-state index contributed by atoms with van der Waals surface area (Å²) in [7, 11) is 0. The van der Waals surface area contributed by atoms with Gasteiger partial charge in [0.2, 0.25) is 0 Å². The minimum atomic E-state index is 0.300. The van der Waals surface area contributed by atoms with Gasteiger partial charge in [-0.25, -0.2) is 0 Å². The van der Waals surface area contributed by atoms with E-state index in [0.29, 0.717) is 5.54 Å². The van der Waals surface area contributed by atoms with Crippen LogP contribution in [-0.4, -0.2) is 12.1 Å². The van der Waals surface area contributed by atoms with E-state index in [0.717, 1.165) is 23.7 Å². The van der Waals surface area contributed by atoms with E-state index in [9.17, 15) is 0 Å². The van der Waals surface area contributed by atoms with Crippen LogP contribution >= 0.6 is 0 Å². The molecule has 1 nitrogen and oxygen atoms in total. The Kier molecular flexibility index (Phi) is 3.63. The van der Waals surface area contributed by atoms with Crippen molar-refractivity contribution in [3.8, 4) is 0 Å². The van der Waals surface area contributed by atoms with Gasteiger partial charge in [-0.1, -0.05) is 19.8 Å². The van der Waals surface area contributed by atoms with Gasteiger partial charge in [0.1, 0.15) is 0 Å². The standard InChI is InChI=1S/C15H29N/c1-11-5-7-12(8-6-11)14-9-13(14)10-16-15(2,3)4/h11-14,16H,5-10H2,1-4H3. The Morgan fingerprint density at radius 2 is 1.69 bits per heavy atom. The maximum atomic E-state index is 3.66. The van der Waals surface area contributed by atoms with Crippen molar-refractivity contribution >= 4 is 0 Å². The maximum Gasteiger partial charge on any atom is 0.00966 e. The van der Waals surface area contributed by atoms with Crippen LogP contribution in [0.5, 0.6) is 0 Å². The number of rotatable bonds is 3. The molecule has 0 amide bonds. The van der Waals surface area contributed by atoms with E-state index in [4.69, 9.17) is 0 Å². The molecular formula is C15H29N. The van der Waals surface area contributed by atoms with Crippen molar-refractivity contribution in [3.05, 3.63) is 0 Å². The van der Waals surface area contributed by atoms with E-state index in [1.54, 1.807) is 0 Å². The van der Waals surface area contributed by atoms with Crippen molar-refractivity contribution in [2.75, 3.05) is 6.54 Å². The van der Waals surface area contributed by atoms with Gasteiger partial charge in [-0.15, -0.1) is 0 Å². The summed E-state index contributed by atoms with van der Waals surface area (Å²) in [4.78, 5) is 0. The average molecular weight is 223 g/mol. The van der Waals surface area contributed by atoms with E-state index >= 15 is 0 Å². The molecule has 2 saturated carbocycles. The SMILES string of the molecule is CC1CCC(C2CC2CNC(C)(C)C)CC1. The molecule has 16 heavy (non-hydrogen) atoms. The average Bonchev–Trinajstić information content (AvgIpc) is 2.94. The molecule has 0 aliphatic heterocycles. The summed E-state index contributed by atoms with van der Waals surface area (Å²) in [5.41, 5.74) is 0.300. The summed E-state index contributed by atoms with van der Waals surface area (Å²) in [5, 5.41) is 3.66. The van der Waals surface area contributed by atoms with Gasteiger partial charge >= 0.3 is 0 Å². The predicted molar refractivity (Wildman–Crippen MR) is 70.5 cm³/mol. The molecule has 0 heterocycles. The third-order valence-corrected chi connectivity index (χ3v) is 4.54. The van der Waals surface area contributed by atoms with Crippen LogP contribution in [0, 0.1) is 23.7 Å². The van der Waals surface area contributed by atoms with Crippen LogP contribution in [0.25, 0.3) is 0 Å². The van der Waals surface area contributed by atoms with Crippen LogP contribution in [0.4, 0.5) is 0 Å². The summed E-state index contributed by atoms with van der Waals surface area (Å²) >= 11 is 0. The molecule has 2 atom stereocenters. The number of hydrogen-bond donors (Lipinski definition) is 1. The third kappa shape index (κ3) is 3.48. The second kappa shape index (κ2) is 4.68. The zero-order valence-corrected chi connectivity index (χ0v) is 11.6. The molecule has 0 aromatic rings. The zero-order valence-electron chi connectivity index (χ0n) is 11.6. The fraction of sp³-hybridized carbons (Fsp3) is 1.00. The van der Waals surface area contributed by atoms with Gasteiger partial charge in [-0.2, -0.15) is 0 Å². The lowest BCUT2D eigenvalue weighted by Gasteiger charge is -2.27. The highest BCUT2D eigenvalue weighted by Gasteiger charge is 2.43. The normalized spacial score (nSPS) is 39.8. The monoisotopic (exact) mass is 223 g/mol. The molecule has 2 aliphatic carbocycles. The van der Waals surface area contributed by atoms with E-state index < -0.39 is 0 Å². The molecule has 1 heteroatoms. The van der Waals surface area contributed by atoms with Gasteiger partial charge in [0.25, 0.3) is 0 Å². The van der Waals surface area contributed by atoms with Gasteiger partial charge in [0.05, 0.1) is 0 Å². The number of nitrogens with one attached hydrogen (secondary N) is 1. The van der Waals surface area contributed by atoms with Crippen molar-refractivity contribution in [3.63, 3.8) is 0 Å². The van der Waals surface area contributed by atoms with Crippen LogP contribution in [0.3, 0.4) is 0 Å². The lowest BCUT2D eigenvalue weighted by atomic mass is 9.80. The minimum absolute atomic E-state index is 0.300. The van der Waals surface area contributed by atoms with E-state index in [2.05, 4.69) is 33.0 Å². The fourth-order valence-corrected chi connectivity index (χ4v) is 3.23. The van der Waals surface area contributed by atoms with Crippen LogP contribution in [0.2, 0.25) is 0 Å². The Morgan fingerprint density at radius 1 is 1.06 bits per heavy atom. The van der Waals surface area contributed by atoms with Gasteiger partial charge in [0, 0.05) is 5.54 Å². The Hall–Kier alpha value is -0.0400. The number of hydrogen-bond acceptors (Lipinski definition) is 1. The lowest BCUT2D eigenvalue weighted by molar-refractivity contribution is 0.254. The molecule has 1 N–H and O–H groups in total.